The second-order valence-corrected chi connectivity index (χ2v) is 4.75. The molecular formula is C15H15N3O3. The fraction of sp³-hybridized carbons (Fsp3) is 0.267. The van der Waals surface area contributed by atoms with E-state index in [0.29, 0.717) is 24.9 Å². The van der Waals surface area contributed by atoms with Crippen LogP contribution in [0.15, 0.2) is 36.4 Å². The van der Waals surface area contributed by atoms with Gasteiger partial charge in [-0.05, 0) is 0 Å². The lowest BCUT2D eigenvalue weighted by molar-refractivity contribution is 0.0993. The van der Waals surface area contributed by atoms with Gasteiger partial charge in [0.1, 0.15) is 11.8 Å². The van der Waals surface area contributed by atoms with Crippen molar-refractivity contribution < 1.29 is 14.3 Å². The highest BCUT2D eigenvalue weighted by Crippen LogP contribution is 2.21. The van der Waals surface area contributed by atoms with Gasteiger partial charge in [-0.25, -0.2) is 4.98 Å². The molecule has 3 rings (SSSR count). The van der Waals surface area contributed by atoms with Gasteiger partial charge in [-0.15, -0.1) is 0 Å². The third-order valence-corrected chi connectivity index (χ3v) is 3.16. The minimum atomic E-state index is -0.609. The average molecular weight is 285 g/mol. The van der Waals surface area contributed by atoms with E-state index in [-0.39, 0.29) is 11.8 Å². The monoisotopic (exact) mass is 285 g/mol. The third kappa shape index (κ3) is 3.17. The van der Waals surface area contributed by atoms with E-state index < -0.39 is 5.91 Å². The van der Waals surface area contributed by atoms with Crippen molar-refractivity contribution in [3.63, 3.8) is 0 Å². The molecule has 1 amide bonds. The number of carbonyl (C=O) groups is 1. The van der Waals surface area contributed by atoms with Gasteiger partial charge in [0.25, 0.3) is 5.91 Å². The van der Waals surface area contributed by atoms with Crippen molar-refractivity contribution in [3.8, 4) is 17.3 Å². The molecule has 1 aromatic heterocycles. The smallest absolute Gasteiger partial charge is 0.267 e. The largest absolute Gasteiger partial charge is 0.472 e. The van der Waals surface area contributed by atoms with E-state index in [0.717, 1.165) is 12.0 Å². The quantitative estimate of drug-likeness (QED) is 0.917. The van der Waals surface area contributed by atoms with Crippen LogP contribution in [0.2, 0.25) is 0 Å². The van der Waals surface area contributed by atoms with Crippen LogP contribution < -0.4 is 10.5 Å². The van der Waals surface area contributed by atoms with Crippen molar-refractivity contribution in [1.82, 2.24) is 9.97 Å². The fourth-order valence-electron chi connectivity index (χ4n) is 2.10. The molecule has 2 heterocycles. The van der Waals surface area contributed by atoms with Crippen molar-refractivity contribution in [2.45, 2.75) is 12.5 Å². The molecule has 1 saturated heterocycles. The maximum absolute atomic E-state index is 11.4. The van der Waals surface area contributed by atoms with E-state index in [1.54, 1.807) is 0 Å². The zero-order valence-corrected chi connectivity index (χ0v) is 11.4. The maximum atomic E-state index is 11.4. The first-order valence-corrected chi connectivity index (χ1v) is 6.71. The molecular weight excluding hydrogens is 270 g/mol. The van der Waals surface area contributed by atoms with Gasteiger partial charge in [0.05, 0.1) is 13.2 Å². The van der Waals surface area contributed by atoms with Crippen molar-refractivity contribution in [1.29, 1.82) is 0 Å². The van der Waals surface area contributed by atoms with Crippen LogP contribution in [0.4, 0.5) is 0 Å². The summed E-state index contributed by atoms with van der Waals surface area (Å²) < 4.78 is 11.0. The summed E-state index contributed by atoms with van der Waals surface area (Å²) in [6.07, 6.45) is 0.751. The Hall–Kier alpha value is -2.47. The van der Waals surface area contributed by atoms with Crippen LogP contribution >= 0.6 is 0 Å². The number of amides is 1. The van der Waals surface area contributed by atoms with E-state index in [2.05, 4.69) is 9.97 Å². The summed E-state index contributed by atoms with van der Waals surface area (Å²) in [4.78, 5) is 20.0. The van der Waals surface area contributed by atoms with Gasteiger partial charge in [0.15, 0.2) is 5.82 Å². The van der Waals surface area contributed by atoms with Gasteiger partial charge in [0.2, 0.25) is 5.88 Å². The minimum Gasteiger partial charge on any atom is -0.472 e. The normalized spacial score (nSPS) is 17.6. The van der Waals surface area contributed by atoms with Gasteiger partial charge >= 0.3 is 0 Å². The zero-order valence-electron chi connectivity index (χ0n) is 11.4. The Morgan fingerprint density at radius 2 is 2.10 bits per heavy atom. The summed E-state index contributed by atoms with van der Waals surface area (Å²) in [6, 6.07) is 10.8. The maximum Gasteiger partial charge on any atom is 0.267 e. The molecule has 0 saturated carbocycles. The lowest BCUT2D eigenvalue weighted by atomic mass is 10.2. The molecule has 1 atom stereocenters. The highest BCUT2D eigenvalue weighted by atomic mass is 16.5. The number of hydrogen-bond donors (Lipinski definition) is 1. The Morgan fingerprint density at radius 3 is 2.76 bits per heavy atom. The van der Waals surface area contributed by atoms with Crippen molar-refractivity contribution >= 4 is 5.91 Å². The molecule has 21 heavy (non-hydrogen) atoms. The van der Waals surface area contributed by atoms with Gasteiger partial charge < -0.3 is 15.2 Å². The highest BCUT2D eigenvalue weighted by Gasteiger charge is 2.19. The number of ether oxygens (including phenoxy) is 2. The molecule has 1 aliphatic heterocycles. The number of hydrogen-bond acceptors (Lipinski definition) is 5. The van der Waals surface area contributed by atoms with Gasteiger partial charge in [-0.3, -0.25) is 4.79 Å². The zero-order chi connectivity index (χ0) is 14.7. The Labute approximate surface area is 121 Å². The van der Waals surface area contributed by atoms with Crippen molar-refractivity contribution in [2.24, 2.45) is 5.73 Å². The number of benzene rings is 1. The van der Waals surface area contributed by atoms with E-state index in [1.807, 2.05) is 30.3 Å². The van der Waals surface area contributed by atoms with Crippen LogP contribution in [0.1, 0.15) is 16.9 Å². The van der Waals surface area contributed by atoms with Crippen molar-refractivity contribution in [3.05, 3.63) is 42.1 Å². The molecule has 2 aromatic rings. The molecule has 1 aromatic carbocycles. The molecule has 2 N–H and O–H groups in total. The molecule has 0 radical (unpaired) electrons. The van der Waals surface area contributed by atoms with Crippen LogP contribution in [-0.4, -0.2) is 35.2 Å². The molecule has 1 fully saturated rings. The summed E-state index contributed by atoms with van der Waals surface area (Å²) in [5, 5.41) is 0. The number of nitrogens with two attached hydrogens (primary N) is 1. The van der Waals surface area contributed by atoms with Crippen LogP contribution in [0, 0.1) is 0 Å². The summed E-state index contributed by atoms with van der Waals surface area (Å²) in [7, 11) is 0. The first kappa shape index (κ1) is 13.5. The Kier molecular flexibility index (Phi) is 3.79. The topological polar surface area (TPSA) is 87.3 Å². The average Bonchev–Trinajstić information content (AvgIpc) is 3.01. The van der Waals surface area contributed by atoms with Crippen LogP contribution in [0.5, 0.6) is 5.88 Å². The number of carbonyl (C=O) groups excluding carboxylic acids is 1. The van der Waals surface area contributed by atoms with Gasteiger partial charge in [-0.1, -0.05) is 30.3 Å². The second-order valence-electron chi connectivity index (χ2n) is 4.75. The first-order valence-electron chi connectivity index (χ1n) is 6.71. The number of nitrogens with zero attached hydrogens (tertiary/aromatic N) is 2. The van der Waals surface area contributed by atoms with Crippen molar-refractivity contribution in [2.75, 3.05) is 13.2 Å². The Bertz CT molecular complexity index is 640. The third-order valence-electron chi connectivity index (χ3n) is 3.16. The molecule has 0 aliphatic carbocycles. The molecule has 1 unspecified atom stereocenters. The lowest BCUT2D eigenvalue weighted by Gasteiger charge is -2.12. The van der Waals surface area contributed by atoms with Gasteiger partial charge in [0, 0.05) is 18.1 Å². The Balaban J connectivity index is 1.95. The molecule has 6 nitrogen and oxygen atoms in total. The molecule has 0 bridgehead atoms. The van der Waals surface area contributed by atoms with E-state index in [4.69, 9.17) is 15.2 Å². The number of rotatable bonds is 4. The SMILES string of the molecule is NC(=O)c1cc(OC2CCOC2)nc(-c2ccccc2)n1. The van der Waals surface area contributed by atoms with Crippen LogP contribution in [0.3, 0.4) is 0 Å². The van der Waals surface area contributed by atoms with Crippen LogP contribution in [0.25, 0.3) is 11.4 Å². The van der Waals surface area contributed by atoms with E-state index in [1.165, 1.54) is 6.07 Å². The molecule has 1 aliphatic rings. The molecule has 6 heteroatoms. The summed E-state index contributed by atoms with van der Waals surface area (Å²) in [5.41, 5.74) is 6.26. The number of aromatic nitrogens is 2. The van der Waals surface area contributed by atoms with Crippen LogP contribution in [-0.2, 0) is 4.74 Å². The summed E-state index contributed by atoms with van der Waals surface area (Å²) >= 11 is 0. The van der Waals surface area contributed by atoms with E-state index in [9.17, 15) is 4.79 Å². The minimum absolute atomic E-state index is 0.0516. The predicted octanol–water partition coefficient (Wildman–Crippen LogP) is 1.41. The summed E-state index contributed by atoms with van der Waals surface area (Å²) in [5.74, 6) is 0.149. The van der Waals surface area contributed by atoms with Gasteiger partial charge in [-0.2, -0.15) is 4.98 Å². The predicted molar refractivity (Wildman–Crippen MR) is 75.8 cm³/mol. The molecule has 0 spiro atoms. The number of primary amides is 1. The molecule has 108 valence electrons. The fourth-order valence-corrected chi connectivity index (χ4v) is 2.10. The highest BCUT2D eigenvalue weighted by molar-refractivity contribution is 5.91. The van der Waals surface area contributed by atoms with E-state index >= 15 is 0 Å². The lowest BCUT2D eigenvalue weighted by Crippen LogP contribution is -2.19. The first-order chi connectivity index (χ1) is 10.2. The Morgan fingerprint density at radius 1 is 1.29 bits per heavy atom. The second kappa shape index (κ2) is 5.88. The standard InChI is InChI=1S/C15H15N3O3/c16-14(19)12-8-13(21-11-6-7-20-9-11)18-15(17-12)10-4-2-1-3-5-10/h1-5,8,11H,6-7,9H2,(H2,16,19). The summed E-state index contributed by atoms with van der Waals surface area (Å²) in [6.45, 7) is 1.19.